The number of nitrogens with one attached hydrogen (secondary N) is 1. The fraction of sp³-hybridized carbons (Fsp3) is 0.643. The van der Waals surface area contributed by atoms with Crippen LogP contribution in [-0.2, 0) is 4.74 Å². The SMILES string of the molecule is CCCN1c2nccc(C)c2NCC2COCC21. The van der Waals surface area contributed by atoms with E-state index in [2.05, 4.69) is 35.1 Å². The molecule has 1 fully saturated rings. The van der Waals surface area contributed by atoms with E-state index >= 15 is 0 Å². The molecule has 18 heavy (non-hydrogen) atoms. The number of ether oxygens (including phenoxy) is 1. The molecule has 4 nitrogen and oxygen atoms in total. The zero-order valence-corrected chi connectivity index (χ0v) is 11.1. The smallest absolute Gasteiger partial charge is 0.152 e. The van der Waals surface area contributed by atoms with Gasteiger partial charge in [0.25, 0.3) is 0 Å². The van der Waals surface area contributed by atoms with Crippen LogP contribution in [0.3, 0.4) is 0 Å². The first-order chi connectivity index (χ1) is 8.81. The summed E-state index contributed by atoms with van der Waals surface area (Å²) in [6, 6.07) is 2.56. The topological polar surface area (TPSA) is 37.4 Å². The lowest BCUT2D eigenvalue weighted by atomic mass is 10.0. The molecule has 0 amide bonds. The Kier molecular flexibility index (Phi) is 3.12. The summed E-state index contributed by atoms with van der Waals surface area (Å²) in [5.41, 5.74) is 2.49. The third-order valence-electron chi connectivity index (χ3n) is 3.98. The minimum atomic E-state index is 0.480. The Morgan fingerprint density at radius 1 is 1.50 bits per heavy atom. The van der Waals surface area contributed by atoms with E-state index in [1.807, 2.05) is 6.20 Å². The highest BCUT2D eigenvalue weighted by Crippen LogP contribution is 2.35. The van der Waals surface area contributed by atoms with Crippen molar-refractivity contribution in [2.24, 2.45) is 5.92 Å². The Bertz CT molecular complexity index is 435. The zero-order chi connectivity index (χ0) is 12.5. The van der Waals surface area contributed by atoms with Crippen LogP contribution in [0.4, 0.5) is 11.5 Å². The largest absolute Gasteiger partial charge is 0.381 e. The van der Waals surface area contributed by atoms with Crippen LogP contribution >= 0.6 is 0 Å². The van der Waals surface area contributed by atoms with Crippen molar-refractivity contribution in [2.45, 2.75) is 26.3 Å². The highest BCUT2D eigenvalue weighted by Gasteiger charge is 2.36. The molecule has 0 bridgehead atoms. The van der Waals surface area contributed by atoms with Crippen LogP contribution in [0, 0.1) is 12.8 Å². The Balaban J connectivity index is 2.03. The van der Waals surface area contributed by atoms with Crippen LogP contribution in [-0.4, -0.2) is 37.3 Å². The van der Waals surface area contributed by atoms with Crippen molar-refractivity contribution < 1.29 is 4.74 Å². The van der Waals surface area contributed by atoms with Crippen LogP contribution < -0.4 is 10.2 Å². The molecular formula is C14H21N3O. The number of nitrogens with zero attached hydrogens (tertiary/aromatic N) is 2. The minimum absolute atomic E-state index is 0.480. The molecule has 1 saturated heterocycles. The van der Waals surface area contributed by atoms with Gasteiger partial charge in [-0.1, -0.05) is 6.92 Å². The van der Waals surface area contributed by atoms with Gasteiger partial charge in [0.2, 0.25) is 0 Å². The maximum absolute atomic E-state index is 5.66. The molecule has 1 aromatic heterocycles. The van der Waals surface area contributed by atoms with Crippen LogP contribution in [0.15, 0.2) is 12.3 Å². The van der Waals surface area contributed by atoms with Gasteiger partial charge in [-0.15, -0.1) is 0 Å². The molecule has 0 radical (unpaired) electrons. The predicted octanol–water partition coefficient (Wildman–Crippen LogP) is 2.05. The second-order valence-corrected chi connectivity index (χ2v) is 5.27. The van der Waals surface area contributed by atoms with E-state index in [0.29, 0.717) is 12.0 Å². The summed E-state index contributed by atoms with van der Waals surface area (Å²) >= 11 is 0. The standard InChI is InChI=1S/C14H21N3O/c1-3-6-17-12-9-18-8-11(12)7-16-13-10(2)4-5-15-14(13)17/h4-5,11-12,16H,3,6-9H2,1-2H3. The van der Waals surface area contributed by atoms with Gasteiger partial charge in [-0.05, 0) is 25.0 Å². The van der Waals surface area contributed by atoms with Crippen LogP contribution in [0.1, 0.15) is 18.9 Å². The van der Waals surface area contributed by atoms with Gasteiger partial charge in [0.1, 0.15) is 0 Å². The average molecular weight is 247 g/mol. The van der Waals surface area contributed by atoms with E-state index in [9.17, 15) is 0 Å². The molecule has 0 saturated carbocycles. The Labute approximate surface area is 108 Å². The summed E-state index contributed by atoms with van der Waals surface area (Å²) < 4.78 is 5.66. The molecule has 3 rings (SSSR count). The van der Waals surface area contributed by atoms with Crippen molar-refractivity contribution in [2.75, 3.05) is 36.5 Å². The van der Waals surface area contributed by atoms with Gasteiger partial charge in [0.05, 0.1) is 24.9 Å². The second kappa shape index (κ2) is 4.76. The molecule has 1 aromatic rings. The number of hydrogen-bond acceptors (Lipinski definition) is 4. The fourth-order valence-corrected chi connectivity index (χ4v) is 3.01. The van der Waals surface area contributed by atoms with E-state index < -0.39 is 0 Å². The number of rotatable bonds is 2. The summed E-state index contributed by atoms with van der Waals surface area (Å²) in [7, 11) is 0. The molecule has 98 valence electrons. The van der Waals surface area contributed by atoms with Crippen molar-refractivity contribution in [3.63, 3.8) is 0 Å². The zero-order valence-electron chi connectivity index (χ0n) is 11.1. The lowest BCUT2D eigenvalue weighted by molar-refractivity contribution is 0.185. The third-order valence-corrected chi connectivity index (χ3v) is 3.98. The minimum Gasteiger partial charge on any atom is -0.381 e. The first-order valence-corrected chi connectivity index (χ1v) is 6.85. The summed E-state index contributed by atoms with van der Waals surface area (Å²) in [6.07, 6.45) is 3.05. The maximum Gasteiger partial charge on any atom is 0.152 e. The first-order valence-electron chi connectivity index (χ1n) is 6.85. The highest BCUT2D eigenvalue weighted by molar-refractivity contribution is 5.70. The maximum atomic E-state index is 5.66. The van der Waals surface area contributed by atoms with Gasteiger partial charge >= 0.3 is 0 Å². The van der Waals surface area contributed by atoms with Gasteiger partial charge in [-0.3, -0.25) is 0 Å². The van der Waals surface area contributed by atoms with Crippen LogP contribution in [0.2, 0.25) is 0 Å². The molecule has 3 heterocycles. The van der Waals surface area contributed by atoms with Crippen molar-refractivity contribution in [3.05, 3.63) is 17.8 Å². The summed E-state index contributed by atoms with van der Waals surface area (Å²) in [6.45, 7) is 8.11. The highest BCUT2D eigenvalue weighted by atomic mass is 16.5. The number of aromatic nitrogens is 1. The molecule has 2 unspecified atom stereocenters. The van der Waals surface area contributed by atoms with Crippen molar-refractivity contribution in [3.8, 4) is 0 Å². The third kappa shape index (κ3) is 1.85. The number of hydrogen-bond donors (Lipinski definition) is 1. The lowest BCUT2D eigenvalue weighted by Crippen LogP contribution is -2.41. The Hall–Kier alpha value is -1.29. The molecule has 0 spiro atoms. The average Bonchev–Trinajstić information content (AvgIpc) is 2.77. The van der Waals surface area contributed by atoms with Gasteiger partial charge in [0, 0.05) is 25.2 Å². The van der Waals surface area contributed by atoms with Gasteiger partial charge in [-0.2, -0.15) is 0 Å². The van der Waals surface area contributed by atoms with Crippen molar-refractivity contribution >= 4 is 11.5 Å². The molecule has 4 heteroatoms. The van der Waals surface area contributed by atoms with E-state index in [1.54, 1.807) is 0 Å². The quantitative estimate of drug-likeness (QED) is 0.868. The molecular weight excluding hydrogens is 226 g/mol. The van der Waals surface area contributed by atoms with Crippen molar-refractivity contribution in [1.82, 2.24) is 4.98 Å². The number of fused-ring (bicyclic) bond motifs is 2. The normalized spacial score (nSPS) is 26.2. The van der Waals surface area contributed by atoms with E-state index in [0.717, 1.165) is 38.5 Å². The second-order valence-electron chi connectivity index (χ2n) is 5.27. The van der Waals surface area contributed by atoms with Crippen LogP contribution in [0.25, 0.3) is 0 Å². The summed E-state index contributed by atoms with van der Waals surface area (Å²) in [5, 5.41) is 3.57. The molecule has 2 atom stereocenters. The fourth-order valence-electron chi connectivity index (χ4n) is 3.01. The Morgan fingerprint density at radius 2 is 2.39 bits per heavy atom. The van der Waals surface area contributed by atoms with Gasteiger partial charge in [0.15, 0.2) is 5.82 Å². The number of anilines is 2. The molecule has 1 N–H and O–H groups in total. The van der Waals surface area contributed by atoms with E-state index in [4.69, 9.17) is 4.74 Å². The van der Waals surface area contributed by atoms with E-state index in [1.165, 1.54) is 11.3 Å². The molecule has 0 aliphatic carbocycles. The van der Waals surface area contributed by atoms with Crippen LogP contribution in [0.5, 0.6) is 0 Å². The van der Waals surface area contributed by atoms with Crippen molar-refractivity contribution in [1.29, 1.82) is 0 Å². The summed E-state index contributed by atoms with van der Waals surface area (Å²) in [4.78, 5) is 7.05. The van der Waals surface area contributed by atoms with E-state index in [-0.39, 0.29) is 0 Å². The monoisotopic (exact) mass is 247 g/mol. The predicted molar refractivity (Wildman–Crippen MR) is 73.2 cm³/mol. The Morgan fingerprint density at radius 3 is 3.22 bits per heavy atom. The summed E-state index contributed by atoms with van der Waals surface area (Å²) in [5.74, 6) is 1.68. The van der Waals surface area contributed by atoms with Gasteiger partial charge < -0.3 is 15.0 Å². The number of pyridine rings is 1. The molecule has 0 aromatic carbocycles. The number of aryl methyl sites for hydroxylation is 1. The van der Waals surface area contributed by atoms with Gasteiger partial charge in [-0.25, -0.2) is 4.98 Å². The molecule has 2 aliphatic rings. The molecule has 2 aliphatic heterocycles. The first kappa shape index (κ1) is 11.8. The lowest BCUT2D eigenvalue weighted by Gasteiger charge is -2.30.